The summed E-state index contributed by atoms with van der Waals surface area (Å²) in [6.45, 7) is 2.18. The van der Waals surface area contributed by atoms with Crippen molar-refractivity contribution in [1.82, 2.24) is 15.0 Å². The van der Waals surface area contributed by atoms with Gasteiger partial charge in [0, 0.05) is 43.3 Å². The molecule has 1 aliphatic carbocycles. The number of piperidine rings is 1. The second kappa shape index (κ2) is 7.92. The van der Waals surface area contributed by atoms with Gasteiger partial charge in [0.1, 0.15) is 5.82 Å². The fraction of sp³-hybridized carbons (Fsp3) is 0.360. The smallest absolute Gasteiger partial charge is 0.280 e. The lowest BCUT2D eigenvalue weighted by Gasteiger charge is -2.42. The average Bonchev–Trinajstić information content (AvgIpc) is 3.38. The maximum absolute atomic E-state index is 13.1. The van der Waals surface area contributed by atoms with Crippen LogP contribution in [0.3, 0.4) is 0 Å². The van der Waals surface area contributed by atoms with Crippen LogP contribution < -0.4 is 21.3 Å². The number of anilines is 3. The van der Waals surface area contributed by atoms with E-state index in [4.69, 9.17) is 23.1 Å². The number of hydrogen-bond donors (Lipinski definition) is 2. The topological polar surface area (TPSA) is 114 Å². The second-order valence-corrected chi connectivity index (χ2v) is 9.92. The Bertz CT molecular complexity index is 1290. The molecular weight excluding hydrogens is 450 g/mol. The van der Waals surface area contributed by atoms with Gasteiger partial charge in [0.2, 0.25) is 0 Å². The number of carbonyl (C=O) groups excluding carboxylic acids is 1. The summed E-state index contributed by atoms with van der Waals surface area (Å²) in [6.07, 6.45) is 6.96. The molecule has 2 aliphatic heterocycles. The summed E-state index contributed by atoms with van der Waals surface area (Å²) >= 11 is 6.21. The number of hydrogen-bond acceptors (Lipinski definition) is 7. The number of pyridine rings is 1. The van der Waals surface area contributed by atoms with E-state index in [0.717, 1.165) is 55.2 Å². The lowest BCUT2D eigenvalue weighted by molar-refractivity contribution is 0.0985. The molecule has 3 aromatic rings. The molecular formula is C25H26ClN7O. The van der Waals surface area contributed by atoms with Crippen molar-refractivity contribution in [2.24, 2.45) is 11.1 Å². The van der Waals surface area contributed by atoms with Crippen LogP contribution in [-0.2, 0) is 12.8 Å². The summed E-state index contributed by atoms with van der Waals surface area (Å²) in [5.41, 5.74) is 17.4. The lowest BCUT2D eigenvalue weighted by atomic mass is 9.73. The zero-order valence-electron chi connectivity index (χ0n) is 18.7. The summed E-state index contributed by atoms with van der Waals surface area (Å²) in [6, 6.07) is 9.78. The molecule has 6 rings (SSSR count). The zero-order chi connectivity index (χ0) is 23.4. The highest BCUT2D eigenvalue weighted by Gasteiger charge is 2.46. The highest BCUT2D eigenvalue weighted by atomic mass is 35.5. The minimum Gasteiger partial charge on any atom is -0.382 e. The number of nitrogens with zero attached hydrogens (tertiary/aromatic N) is 5. The van der Waals surface area contributed by atoms with Gasteiger partial charge in [-0.3, -0.25) is 9.78 Å². The molecule has 0 saturated carbocycles. The van der Waals surface area contributed by atoms with Crippen molar-refractivity contribution < 1.29 is 4.79 Å². The quantitative estimate of drug-likeness (QED) is 0.585. The average molecular weight is 476 g/mol. The van der Waals surface area contributed by atoms with Gasteiger partial charge in [-0.2, -0.15) is 0 Å². The predicted molar refractivity (Wildman–Crippen MR) is 132 cm³/mol. The van der Waals surface area contributed by atoms with Crippen LogP contribution in [0.5, 0.6) is 0 Å². The van der Waals surface area contributed by atoms with Crippen molar-refractivity contribution in [2.45, 2.75) is 31.7 Å². The molecule has 1 atom stereocenters. The van der Waals surface area contributed by atoms with Crippen LogP contribution in [0.1, 0.15) is 46.2 Å². The molecule has 2 aromatic heterocycles. The van der Waals surface area contributed by atoms with E-state index in [0.29, 0.717) is 12.4 Å². The van der Waals surface area contributed by atoms with Crippen molar-refractivity contribution in [3.63, 3.8) is 0 Å². The molecule has 8 nitrogen and oxygen atoms in total. The monoisotopic (exact) mass is 475 g/mol. The van der Waals surface area contributed by atoms with Crippen molar-refractivity contribution in [3.8, 4) is 0 Å². The molecule has 1 saturated heterocycles. The third-order valence-electron chi connectivity index (χ3n) is 7.69. The number of amides is 1. The van der Waals surface area contributed by atoms with Crippen LogP contribution in [0.2, 0.25) is 5.02 Å². The molecule has 9 heteroatoms. The van der Waals surface area contributed by atoms with E-state index in [1.165, 1.54) is 11.1 Å². The van der Waals surface area contributed by atoms with Crippen LogP contribution in [0, 0.1) is 5.41 Å². The molecule has 1 aromatic carbocycles. The second-order valence-electron chi connectivity index (χ2n) is 9.49. The number of fused-ring (bicyclic) bond motifs is 2. The standard InChI is InChI=1S/C25H26ClN7O/c26-16-3-4-17-15(12-16)13-25(22(17)27)6-10-32(11-7-25)20-14-30-21(23(28)31-20)24(34)33-9-5-18-19(33)2-1-8-29-18/h1-4,8,12,14,22H,5-7,9-11,13,27H2,(H2,28,31)/t22-/m1/s1. The van der Waals surface area contributed by atoms with Gasteiger partial charge in [0.05, 0.1) is 17.6 Å². The van der Waals surface area contributed by atoms with Crippen LogP contribution in [0.25, 0.3) is 0 Å². The van der Waals surface area contributed by atoms with Crippen molar-refractivity contribution in [3.05, 3.63) is 70.3 Å². The first-order valence-electron chi connectivity index (χ1n) is 11.6. The molecule has 0 radical (unpaired) electrons. The molecule has 3 aliphatic rings. The van der Waals surface area contributed by atoms with Gasteiger partial charge >= 0.3 is 0 Å². The lowest BCUT2D eigenvalue weighted by Crippen LogP contribution is -2.44. The third-order valence-corrected chi connectivity index (χ3v) is 7.92. The van der Waals surface area contributed by atoms with Gasteiger partial charge in [0.15, 0.2) is 11.5 Å². The molecule has 174 valence electrons. The van der Waals surface area contributed by atoms with E-state index in [1.807, 2.05) is 18.2 Å². The fourth-order valence-corrected chi connectivity index (χ4v) is 5.97. The van der Waals surface area contributed by atoms with E-state index in [1.54, 1.807) is 17.3 Å². The van der Waals surface area contributed by atoms with Gasteiger partial charge in [0.25, 0.3) is 5.91 Å². The van der Waals surface area contributed by atoms with Gasteiger partial charge in [-0.15, -0.1) is 0 Å². The van der Waals surface area contributed by atoms with Crippen molar-refractivity contribution >= 4 is 34.8 Å². The fourth-order valence-electron chi connectivity index (χ4n) is 5.77. The Kier molecular flexibility index (Phi) is 4.97. The number of benzene rings is 1. The SMILES string of the molecule is Nc1nc(N2CCC3(CC2)Cc2cc(Cl)ccc2[C@H]3N)cnc1C(=O)N1CCc2ncccc21. The summed E-state index contributed by atoms with van der Waals surface area (Å²) in [5.74, 6) is 0.605. The largest absolute Gasteiger partial charge is 0.382 e. The van der Waals surface area contributed by atoms with Crippen LogP contribution in [0.15, 0.2) is 42.7 Å². The highest BCUT2D eigenvalue weighted by molar-refractivity contribution is 6.30. The molecule has 34 heavy (non-hydrogen) atoms. The number of halogens is 1. The number of rotatable bonds is 2. The van der Waals surface area contributed by atoms with Crippen molar-refractivity contribution in [1.29, 1.82) is 0 Å². The Labute approximate surface area is 203 Å². The Morgan fingerprint density at radius 3 is 2.76 bits per heavy atom. The minimum absolute atomic E-state index is 0.0101. The predicted octanol–water partition coefficient (Wildman–Crippen LogP) is 3.15. The van der Waals surface area contributed by atoms with Crippen LogP contribution in [0.4, 0.5) is 17.3 Å². The maximum atomic E-state index is 13.1. The van der Waals surface area contributed by atoms with E-state index < -0.39 is 0 Å². The normalized spacial score (nSPS) is 20.5. The molecule has 0 bridgehead atoms. The van der Waals surface area contributed by atoms with Crippen LogP contribution in [-0.4, -0.2) is 40.5 Å². The Morgan fingerprint density at radius 1 is 1.15 bits per heavy atom. The first-order chi connectivity index (χ1) is 16.4. The van der Waals surface area contributed by atoms with Gasteiger partial charge in [-0.25, -0.2) is 9.97 Å². The Balaban J connectivity index is 1.17. The molecule has 4 heterocycles. The zero-order valence-corrected chi connectivity index (χ0v) is 19.5. The van der Waals surface area contributed by atoms with Gasteiger partial charge in [-0.05, 0) is 60.1 Å². The van der Waals surface area contributed by atoms with Gasteiger partial charge in [-0.1, -0.05) is 17.7 Å². The number of nitrogens with two attached hydrogens (primary N) is 2. The van der Waals surface area contributed by atoms with E-state index >= 15 is 0 Å². The maximum Gasteiger partial charge on any atom is 0.280 e. The van der Waals surface area contributed by atoms with E-state index in [2.05, 4.69) is 32.0 Å². The molecule has 1 amide bonds. The first kappa shape index (κ1) is 21.3. The number of carbonyl (C=O) groups is 1. The molecule has 1 fully saturated rings. The number of nitrogen functional groups attached to an aromatic ring is 1. The Hall–Kier alpha value is -3.23. The first-order valence-corrected chi connectivity index (χ1v) is 12.0. The summed E-state index contributed by atoms with van der Waals surface area (Å²) in [5, 5.41) is 0.759. The molecule has 0 unspecified atom stereocenters. The van der Waals surface area contributed by atoms with E-state index in [-0.39, 0.29) is 28.9 Å². The highest BCUT2D eigenvalue weighted by Crippen LogP contribution is 2.51. The summed E-state index contributed by atoms with van der Waals surface area (Å²) in [7, 11) is 0. The minimum atomic E-state index is -0.241. The third kappa shape index (κ3) is 3.32. The molecule has 1 spiro atoms. The van der Waals surface area contributed by atoms with E-state index in [9.17, 15) is 4.79 Å². The van der Waals surface area contributed by atoms with Crippen molar-refractivity contribution in [2.75, 3.05) is 35.2 Å². The number of aromatic nitrogens is 3. The van der Waals surface area contributed by atoms with Gasteiger partial charge < -0.3 is 21.3 Å². The molecule has 4 N–H and O–H groups in total. The Morgan fingerprint density at radius 2 is 1.97 bits per heavy atom. The summed E-state index contributed by atoms with van der Waals surface area (Å²) < 4.78 is 0. The van der Waals surface area contributed by atoms with Crippen LogP contribution >= 0.6 is 11.6 Å². The summed E-state index contributed by atoms with van der Waals surface area (Å²) in [4.78, 5) is 30.3.